The molecule has 0 unspecified atom stereocenters. The van der Waals surface area contributed by atoms with Gasteiger partial charge in [0.05, 0.1) is 12.7 Å². The van der Waals surface area contributed by atoms with E-state index >= 15 is 0 Å². The first kappa shape index (κ1) is 20.7. The van der Waals surface area contributed by atoms with Crippen molar-refractivity contribution in [2.75, 3.05) is 20.2 Å². The first-order valence-electron chi connectivity index (χ1n) is 11.0. The van der Waals surface area contributed by atoms with Crippen LogP contribution in [0.3, 0.4) is 0 Å². The SMILES string of the molecule is CC#Cc1cc(C)c(C2=C(OC)CC3(CCN(C(=O)C4CC4)CC3)CC2=O)c(C)c1. The molecule has 0 atom stereocenters. The second-order valence-electron chi connectivity index (χ2n) is 9.24. The summed E-state index contributed by atoms with van der Waals surface area (Å²) in [7, 11) is 1.68. The maximum Gasteiger partial charge on any atom is 0.225 e. The van der Waals surface area contributed by atoms with Crippen molar-refractivity contribution in [1.82, 2.24) is 4.90 Å². The lowest BCUT2D eigenvalue weighted by Crippen LogP contribution is -2.46. The molecule has 1 aromatic rings. The number of methoxy groups -OCH3 is 1. The molecule has 1 aliphatic heterocycles. The highest BCUT2D eigenvalue weighted by atomic mass is 16.5. The predicted octanol–water partition coefficient (Wildman–Crippen LogP) is 4.41. The van der Waals surface area contributed by atoms with E-state index in [1.54, 1.807) is 7.11 Å². The fourth-order valence-corrected chi connectivity index (χ4v) is 5.25. The highest BCUT2D eigenvalue weighted by molar-refractivity contribution is 6.23. The Balaban J connectivity index is 1.62. The number of allylic oxidation sites excluding steroid dienone is 2. The number of piperidine rings is 1. The number of nitrogens with zero attached hydrogens (tertiary/aromatic N) is 1. The van der Waals surface area contributed by atoms with E-state index in [0.717, 1.165) is 78.8 Å². The number of likely N-dealkylation sites (tertiary alicyclic amines) is 1. The van der Waals surface area contributed by atoms with Gasteiger partial charge in [-0.2, -0.15) is 0 Å². The van der Waals surface area contributed by atoms with Crippen LogP contribution in [0.4, 0.5) is 0 Å². The number of benzene rings is 1. The topological polar surface area (TPSA) is 46.6 Å². The van der Waals surface area contributed by atoms with E-state index in [-0.39, 0.29) is 17.1 Å². The van der Waals surface area contributed by atoms with E-state index in [4.69, 9.17) is 4.74 Å². The molecule has 0 N–H and O–H groups in total. The van der Waals surface area contributed by atoms with E-state index in [1.165, 1.54) is 0 Å². The Morgan fingerprint density at radius 2 is 1.77 bits per heavy atom. The van der Waals surface area contributed by atoms with Crippen molar-refractivity contribution < 1.29 is 14.3 Å². The van der Waals surface area contributed by atoms with Crippen molar-refractivity contribution >= 4 is 17.3 Å². The minimum Gasteiger partial charge on any atom is -0.500 e. The standard InChI is InChI=1S/C26H31NO3/c1-5-6-19-13-17(2)23(18(3)14-19)24-21(28)15-26(16-22(24)30-4)9-11-27(12-10-26)25(29)20-7-8-20/h13-14,20H,7-12,15-16H2,1-4H3. The fraction of sp³-hybridized carbons (Fsp3) is 0.538. The number of Topliss-reactive ketones (excluding diaryl/α,β-unsaturated/α-hetero) is 1. The van der Waals surface area contributed by atoms with E-state index < -0.39 is 0 Å². The molecular formula is C26H31NO3. The average molecular weight is 406 g/mol. The normalized spacial score (nSPS) is 20.8. The van der Waals surface area contributed by atoms with Crippen molar-refractivity contribution in [3.63, 3.8) is 0 Å². The smallest absolute Gasteiger partial charge is 0.225 e. The maximum absolute atomic E-state index is 13.4. The van der Waals surface area contributed by atoms with Gasteiger partial charge in [0.15, 0.2) is 5.78 Å². The molecule has 0 radical (unpaired) electrons. The minimum absolute atomic E-state index is 0.0817. The molecule has 158 valence electrons. The first-order valence-corrected chi connectivity index (χ1v) is 11.0. The van der Waals surface area contributed by atoms with E-state index in [2.05, 4.69) is 24.0 Å². The molecule has 1 spiro atoms. The summed E-state index contributed by atoms with van der Waals surface area (Å²) in [6.45, 7) is 7.44. The summed E-state index contributed by atoms with van der Waals surface area (Å²) in [5.41, 5.74) is 4.75. The summed E-state index contributed by atoms with van der Waals surface area (Å²) in [5.74, 6) is 7.61. The van der Waals surface area contributed by atoms with Crippen LogP contribution in [0, 0.1) is 37.0 Å². The Bertz CT molecular complexity index is 956. The first-order chi connectivity index (χ1) is 14.4. The summed E-state index contributed by atoms with van der Waals surface area (Å²) in [6, 6.07) is 4.11. The number of amides is 1. The van der Waals surface area contributed by atoms with Gasteiger partial charge in [-0.3, -0.25) is 9.59 Å². The summed E-state index contributed by atoms with van der Waals surface area (Å²) < 4.78 is 5.82. The molecule has 2 fully saturated rings. The number of ether oxygens (including phenoxy) is 1. The van der Waals surface area contributed by atoms with E-state index in [1.807, 2.05) is 25.7 Å². The van der Waals surface area contributed by atoms with Gasteiger partial charge in [0.2, 0.25) is 5.91 Å². The monoisotopic (exact) mass is 405 g/mol. The molecule has 1 heterocycles. The highest BCUT2D eigenvalue weighted by Crippen LogP contribution is 2.48. The zero-order valence-electron chi connectivity index (χ0n) is 18.6. The van der Waals surface area contributed by atoms with E-state index in [9.17, 15) is 9.59 Å². The lowest BCUT2D eigenvalue weighted by atomic mass is 9.66. The highest BCUT2D eigenvalue weighted by Gasteiger charge is 2.45. The van der Waals surface area contributed by atoms with E-state index in [0.29, 0.717) is 12.3 Å². The van der Waals surface area contributed by atoms with Gasteiger partial charge in [-0.15, -0.1) is 5.92 Å². The van der Waals surface area contributed by atoms with Gasteiger partial charge >= 0.3 is 0 Å². The average Bonchev–Trinajstić information content (AvgIpc) is 3.54. The number of hydrogen-bond acceptors (Lipinski definition) is 3. The number of rotatable bonds is 3. The molecule has 1 aromatic carbocycles. The molecule has 1 saturated heterocycles. The molecule has 4 nitrogen and oxygen atoms in total. The Hall–Kier alpha value is -2.54. The molecular weight excluding hydrogens is 374 g/mol. The number of ketones is 1. The lowest BCUT2D eigenvalue weighted by Gasteiger charge is -2.44. The maximum atomic E-state index is 13.4. The summed E-state index contributed by atoms with van der Waals surface area (Å²) in [5, 5.41) is 0. The molecule has 0 aromatic heterocycles. The van der Waals surface area contributed by atoms with Crippen molar-refractivity contribution in [3.05, 3.63) is 40.1 Å². The minimum atomic E-state index is -0.0817. The Kier molecular flexibility index (Phi) is 5.49. The number of carbonyl (C=O) groups excluding carboxylic acids is 2. The summed E-state index contributed by atoms with van der Waals surface area (Å²) in [6.07, 6.45) is 5.14. The Morgan fingerprint density at radius 3 is 2.30 bits per heavy atom. The molecule has 4 heteroatoms. The molecule has 0 bridgehead atoms. The quantitative estimate of drug-likeness (QED) is 0.700. The molecule has 1 saturated carbocycles. The predicted molar refractivity (Wildman–Crippen MR) is 118 cm³/mol. The van der Waals surface area contributed by atoms with Gasteiger partial charge in [-0.25, -0.2) is 0 Å². The van der Waals surface area contributed by atoms with Gasteiger partial charge in [0.1, 0.15) is 5.76 Å². The molecule has 3 aliphatic rings. The van der Waals surface area contributed by atoms with Gasteiger partial charge in [0.25, 0.3) is 0 Å². The number of hydrogen-bond donors (Lipinski definition) is 0. The zero-order chi connectivity index (χ0) is 21.5. The third-order valence-electron chi connectivity index (χ3n) is 6.99. The van der Waals surface area contributed by atoms with Crippen LogP contribution in [0.2, 0.25) is 0 Å². The van der Waals surface area contributed by atoms with Crippen molar-refractivity contribution in [2.45, 2.75) is 59.3 Å². The number of carbonyl (C=O) groups is 2. The van der Waals surface area contributed by atoms with Gasteiger partial charge in [-0.1, -0.05) is 5.92 Å². The van der Waals surface area contributed by atoms with Crippen LogP contribution in [0.25, 0.3) is 5.57 Å². The largest absolute Gasteiger partial charge is 0.500 e. The van der Waals surface area contributed by atoms with Crippen LogP contribution in [0.15, 0.2) is 17.9 Å². The second kappa shape index (κ2) is 7.95. The van der Waals surface area contributed by atoms with Crippen molar-refractivity contribution in [2.24, 2.45) is 11.3 Å². The second-order valence-corrected chi connectivity index (χ2v) is 9.24. The van der Waals surface area contributed by atoms with Gasteiger partial charge in [-0.05, 0) is 80.7 Å². The molecule has 1 amide bonds. The van der Waals surface area contributed by atoms with Crippen LogP contribution in [0.5, 0.6) is 0 Å². The zero-order valence-corrected chi connectivity index (χ0v) is 18.6. The van der Waals surface area contributed by atoms with Crippen LogP contribution in [-0.2, 0) is 14.3 Å². The number of aryl methyl sites for hydroxylation is 2. The molecule has 30 heavy (non-hydrogen) atoms. The van der Waals surface area contributed by atoms with Gasteiger partial charge < -0.3 is 9.64 Å². The fourth-order valence-electron chi connectivity index (χ4n) is 5.25. The van der Waals surface area contributed by atoms with Crippen LogP contribution >= 0.6 is 0 Å². The Labute approximate surface area is 179 Å². The summed E-state index contributed by atoms with van der Waals surface area (Å²) >= 11 is 0. The van der Waals surface area contributed by atoms with Crippen molar-refractivity contribution in [3.8, 4) is 11.8 Å². The third kappa shape index (κ3) is 3.78. The van der Waals surface area contributed by atoms with Crippen molar-refractivity contribution in [1.29, 1.82) is 0 Å². The van der Waals surface area contributed by atoms with Crippen LogP contribution < -0.4 is 0 Å². The summed E-state index contributed by atoms with van der Waals surface area (Å²) in [4.78, 5) is 27.9. The lowest BCUT2D eigenvalue weighted by molar-refractivity contribution is -0.135. The molecule has 2 aliphatic carbocycles. The van der Waals surface area contributed by atoms with Crippen LogP contribution in [-0.4, -0.2) is 36.8 Å². The van der Waals surface area contributed by atoms with Crippen LogP contribution in [0.1, 0.15) is 67.7 Å². The Morgan fingerprint density at radius 1 is 1.13 bits per heavy atom. The third-order valence-corrected chi connectivity index (χ3v) is 6.99. The molecule has 4 rings (SSSR count). The van der Waals surface area contributed by atoms with Gasteiger partial charge in [0, 0.05) is 37.4 Å².